The topological polar surface area (TPSA) is 88.4 Å². The van der Waals surface area contributed by atoms with Crippen molar-refractivity contribution >= 4 is 21.7 Å². The lowest BCUT2D eigenvalue weighted by Crippen LogP contribution is -2.54. The molecule has 10 heteroatoms. The average Bonchev–Trinajstić information content (AvgIpc) is 3.29. The van der Waals surface area contributed by atoms with Crippen LogP contribution in [-0.4, -0.2) is 46.5 Å². The number of hydrogen-bond acceptors (Lipinski definition) is 5. The van der Waals surface area contributed by atoms with Crippen molar-refractivity contribution in [3.8, 4) is 0 Å². The van der Waals surface area contributed by atoms with E-state index in [0.717, 1.165) is 17.7 Å². The van der Waals surface area contributed by atoms with Crippen molar-refractivity contribution in [2.75, 3.05) is 18.0 Å². The molecule has 2 aliphatic heterocycles. The van der Waals surface area contributed by atoms with E-state index >= 15 is 0 Å². The third kappa shape index (κ3) is 3.49. The van der Waals surface area contributed by atoms with Gasteiger partial charge in [-0.2, -0.15) is 9.40 Å². The number of carbonyl (C=O) groups excluding carboxylic acids is 1. The molecule has 0 bridgehead atoms. The number of carbonyl (C=O) groups is 1. The molecule has 0 saturated carbocycles. The predicted molar refractivity (Wildman–Crippen MR) is 115 cm³/mol. The molecule has 1 saturated heterocycles. The molecular formula is C22H22FN5O3S. The molecule has 1 spiro atoms. The van der Waals surface area contributed by atoms with Gasteiger partial charge in [0.1, 0.15) is 11.6 Å². The second-order valence-corrected chi connectivity index (χ2v) is 10.1. The largest absolute Gasteiger partial charge is 0.292 e. The van der Waals surface area contributed by atoms with Gasteiger partial charge in [0.2, 0.25) is 15.9 Å². The van der Waals surface area contributed by atoms with Crippen molar-refractivity contribution in [1.29, 1.82) is 0 Å². The van der Waals surface area contributed by atoms with Gasteiger partial charge in [0.15, 0.2) is 0 Å². The van der Waals surface area contributed by atoms with Crippen LogP contribution in [0.4, 0.5) is 10.2 Å². The second kappa shape index (κ2) is 7.79. The first-order valence-corrected chi connectivity index (χ1v) is 11.8. The van der Waals surface area contributed by atoms with Crippen molar-refractivity contribution in [3.63, 3.8) is 0 Å². The SMILES string of the molecule is O=C1CC2(CCN(S(=O)(=O)c3ccc(F)cc3)CC2)n2nccc2N1Cc1ccncc1. The molecule has 0 radical (unpaired) electrons. The Bertz CT molecular complexity index is 1240. The summed E-state index contributed by atoms with van der Waals surface area (Å²) in [5, 5.41) is 4.52. The maximum absolute atomic E-state index is 13.2. The molecule has 5 rings (SSSR count). The van der Waals surface area contributed by atoms with Gasteiger partial charge in [-0.3, -0.25) is 14.7 Å². The number of sulfonamides is 1. The van der Waals surface area contributed by atoms with E-state index < -0.39 is 21.4 Å². The first kappa shape index (κ1) is 20.8. The molecule has 4 heterocycles. The van der Waals surface area contributed by atoms with Gasteiger partial charge in [-0.1, -0.05) is 0 Å². The second-order valence-electron chi connectivity index (χ2n) is 8.20. The Hall–Kier alpha value is -3.11. The molecule has 8 nitrogen and oxygen atoms in total. The lowest BCUT2D eigenvalue weighted by Gasteiger charge is -2.46. The standard InChI is InChI=1S/C22H22FN5O3S/c23-18-1-3-19(4-2-18)32(30,31)26-13-8-22(9-14-26)15-21(29)27(20-7-12-25-28(20)22)16-17-5-10-24-11-6-17/h1-7,10-12H,8-9,13-16H2. The molecule has 1 fully saturated rings. The third-order valence-electron chi connectivity index (χ3n) is 6.32. The minimum Gasteiger partial charge on any atom is -0.292 e. The predicted octanol–water partition coefficient (Wildman–Crippen LogP) is 2.53. The molecule has 0 unspecified atom stereocenters. The van der Waals surface area contributed by atoms with E-state index in [1.54, 1.807) is 23.5 Å². The Labute approximate surface area is 185 Å². The monoisotopic (exact) mass is 455 g/mol. The number of rotatable bonds is 4. The number of nitrogens with zero attached hydrogens (tertiary/aromatic N) is 5. The molecule has 1 amide bonds. The molecule has 1 aromatic carbocycles. The zero-order valence-electron chi connectivity index (χ0n) is 17.3. The summed E-state index contributed by atoms with van der Waals surface area (Å²) in [7, 11) is -3.73. The van der Waals surface area contributed by atoms with Crippen LogP contribution in [0.25, 0.3) is 0 Å². The maximum Gasteiger partial charge on any atom is 0.243 e. The van der Waals surface area contributed by atoms with Crippen molar-refractivity contribution in [3.05, 3.63) is 72.4 Å². The normalized spacial score (nSPS) is 18.7. The Balaban J connectivity index is 1.38. The minimum absolute atomic E-state index is 0.00958. The number of anilines is 1. The van der Waals surface area contributed by atoms with Gasteiger partial charge in [0, 0.05) is 31.5 Å². The Kier molecular flexibility index (Phi) is 5.06. The van der Waals surface area contributed by atoms with Crippen LogP contribution >= 0.6 is 0 Å². The number of halogens is 1. The highest BCUT2D eigenvalue weighted by atomic mass is 32.2. The maximum atomic E-state index is 13.2. The molecule has 2 aliphatic rings. The lowest BCUT2D eigenvalue weighted by atomic mass is 9.83. The summed E-state index contributed by atoms with van der Waals surface area (Å²) in [5.41, 5.74) is 0.414. The number of benzene rings is 1. The van der Waals surface area contributed by atoms with Crippen LogP contribution in [0, 0.1) is 5.82 Å². The fraction of sp³-hybridized carbons (Fsp3) is 0.318. The van der Waals surface area contributed by atoms with E-state index in [4.69, 9.17) is 0 Å². The van der Waals surface area contributed by atoms with Crippen LogP contribution in [0.2, 0.25) is 0 Å². The zero-order chi connectivity index (χ0) is 22.3. The quantitative estimate of drug-likeness (QED) is 0.603. The van der Waals surface area contributed by atoms with Gasteiger partial charge in [-0.05, 0) is 54.8 Å². The average molecular weight is 456 g/mol. The Morgan fingerprint density at radius 3 is 2.34 bits per heavy atom. The van der Waals surface area contributed by atoms with E-state index in [1.807, 2.05) is 22.9 Å². The third-order valence-corrected chi connectivity index (χ3v) is 8.24. The highest BCUT2D eigenvalue weighted by molar-refractivity contribution is 7.89. The van der Waals surface area contributed by atoms with Gasteiger partial charge in [-0.25, -0.2) is 17.5 Å². The number of amides is 1. The smallest absolute Gasteiger partial charge is 0.243 e. The summed E-state index contributed by atoms with van der Waals surface area (Å²) < 4.78 is 42.5. The van der Waals surface area contributed by atoms with Gasteiger partial charge in [0.25, 0.3) is 0 Å². The fourth-order valence-electron chi connectivity index (χ4n) is 4.57. The summed E-state index contributed by atoms with van der Waals surface area (Å²) in [4.78, 5) is 19.0. The lowest BCUT2D eigenvalue weighted by molar-refractivity contribution is -0.122. The molecular weight excluding hydrogens is 433 g/mol. The van der Waals surface area contributed by atoms with Crippen molar-refractivity contribution in [2.45, 2.75) is 36.2 Å². The summed E-state index contributed by atoms with van der Waals surface area (Å²) in [6.07, 6.45) is 6.27. The Morgan fingerprint density at radius 2 is 1.66 bits per heavy atom. The molecule has 0 atom stereocenters. The summed E-state index contributed by atoms with van der Waals surface area (Å²) in [6.45, 7) is 0.946. The zero-order valence-corrected chi connectivity index (χ0v) is 18.1. The van der Waals surface area contributed by atoms with E-state index in [9.17, 15) is 17.6 Å². The van der Waals surface area contributed by atoms with Crippen LogP contribution in [0.3, 0.4) is 0 Å². The molecule has 0 aliphatic carbocycles. The minimum atomic E-state index is -3.73. The highest BCUT2D eigenvalue weighted by Crippen LogP contribution is 2.42. The summed E-state index contributed by atoms with van der Waals surface area (Å²) >= 11 is 0. The van der Waals surface area contributed by atoms with Crippen LogP contribution in [0.5, 0.6) is 0 Å². The number of hydrogen-bond donors (Lipinski definition) is 0. The molecule has 3 aromatic rings. The van der Waals surface area contributed by atoms with Gasteiger partial charge in [0.05, 0.1) is 29.6 Å². The van der Waals surface area contributed by atoms with E-state index in [0.29, 0.717) is 25.2 Å². The van der Waals surface area contributed by atoms with Gasteiger partial charge in [-0.15, -0.1) is 0 Å². The van der Waals surface area contributed by atoms with Crippen LogP contribution < -0.4 is 4.90 Å². The van der Waals surface area contributed by atoms with Crippen molar-refractivity contribution < 1.29 is 17.6 Å². The summed E-state index contributed by atoms with van der Waals surface area (Å²) in [6, 6.07) is 10.4. The Morgan fingerprint density at radius 1 is 0.969 bits per heavy atom. The van der Waals surface area contributed by atoms with E-state index in [1.165, 1.54) is 16.4 Å². The van der Waals surface area contributed by atoms with Crippen molar-refractivity contribution in [2.24, 2.45) is 0 Å². The van der Waals surface area contributed by atoms with Crippen LogP contribution in [-0.2, 0) is 26.9 Å². The van der Waals surface area contributed by atoms with Crippen LogP contribution in [0.15, 0.2) is 66.0 Å². The number of aromatic nitrogens is 3. The number of fused-ring (bicyclic) bond motifs is 2. The molecule has 2 aromatic heterocycles. The van der Waals surface area contributed by atoms with Gasteiger partial charge < -0.3 is 0 Å². The first-order chi connectivity index (χ1) is 15.4. The van der Waals surface area contributed by atoms with Gasteiger partial charge >= 0.3 is 0 Å². The van der Waals surface area contributed by atoms with E-state index in [2.05, 4.69) is 10.1 Å². The summed E-state index contributed by atoms with van der Waals surface area (Å²) in [5.74, 6) is 0.224. The first-order valence-electron chi connectivity index (χ1n) is 10.4. The van der Waals surface area contributed by atoms with E-state index in [-0.39, 0.29) is 30.3 Å². The number of piperidine rings is 1. The van der Waals surface area contributed by atoms with Crippen molar-refractivity contribution in [1.82, 2.24) is 19.1 Å². The molecule has 32 heavy (non-hydrogen) atoms. The number of pyridine rings is 1. The highest BCUT2D eigenvalue weighted by Gasteiger charge is 2.47. The fourth-order valence-corrected chi connectivity index (χ4v) is 6.01. The van der Waals surface area contributed by atoms with Crippen LogP contribution in [0.1, 0.15) is 24.8 Å². The molecule has 166 valence electrons. The molecule has 0 N–H and O–H groups in total.